The molecule has 1 aromatic rings. The van der Waals surface area contributed by atoms with E-state index in [0.29, 0.717) is 0 Å². The maximum atomic E-state index is 3.10. The lowest BCUT2D eigenvalue weighted by Crippen LogP contribution is -1.97. The Labute approximate surface area is 70.6 Å². The number of hydrogen-bond donors (Lipinski definition) is 1. The van der Waals surface area contributed by atoms with Crippen LogP contribution in [0.25, 0.3) is 6.08 Å². The number of hydrogen-bond acceptors (Lipinski definition) is 2. The maximum absolute atomic E-state index is 3.10. The first-order valence-electron chi connectivity index (χ1n) is 3.56. The molecule has 0 fully saturated rings. The number of fused-ring (bicyclic) bond motifs is 1. The molecule has 0 radical (unpaired) electrons. The molecule has 0 aliphatic carbocycles. The maximum Gasteiger partial charge on any atom is 0.0360 e. The largest absolute Gasteiger partial charge is 0.332 e. The summed E-state index contributed by atoms with van der Waals surface area (Å²) in [4.78, 5) is 1.31. The first kappa shape index (κ1) is 6.80. The Morgan fingerprint density at radius 1 is 1.36 bits per heavy atom. The normalized spacial score (nSPS) is 13.9. The summed E-state index contributed by atoms with van der Waals surface area (Å²) in [5.41, 5.74) is 2.62. The van der Waals surface area contributed by atoms with E-state index in [-0.39, 0.29) is 0 Å². The molecule has 0 amide bonds. The Morgan fingerprint density at radius 3 is 3.18 bits per heavy atom. The van der Waals surface area contributed by atoms with Crippen molar-refractivity contribution in [2.75, 3.05) is 0 Å². The molecule has 2 rings (SSSR count). The minimum Gasteiger partial charge on any atom is -0.332 e. The standard InChI is InChI=1S/C9H9NS/c1-7-2-3-8-4-5-10-11-9(8)6-7/h2-6,10H,1H3. The molecule has 0 saturated heterocycles. The highest BCUT2D eigenvalue weighted by molar-refractivity contribution is 7.97. The molecular weight excluding hydrogens is 154 g/mol. The first-order valence-corrected chi connectivity index (χ1v) is 4.37. The lowest BCUT2D eigenvalue weighted by molar-refractivity contribution is 1.28. The molecule has 0 saturated carbocycles. The molecule has 0 atom stereocenters. The van der Waals surface area contributed by atoms with Gasteiger partial charge in [0, 0.05) is 11.1 Å². The predicted molar refractivity (Wildman–Crippen MR) is 49.2 cm³/mol. The third-order valence-corrected chi connectivity index (χ3v) is 2.50. The summed E-state index contributed by atoms with van der Waals surface area (Å²) in [5, 5.41) is 0. The fraction of sp³-hybridized carbons (Fsp3) is 0.111. The quantitative estimate of drug-likeness (QED) is 0.590. The molecule has 0 spiro atoms. The molecular formula is C9H9NS. The van der Waals surface area contributed by atoms with Gasteiger partial charge in [-0.1, -0.05) is 12.1 Å². The van der Waals surface area contributed by atoms with E-state index in [1.54, 1.807) is 11.9 Å². The molecule has 1 aliphatic heterocycles. The summed E-state index contributed by atoms with van der Waals surface area (Å²) in [6.07, 6.45) is 4.05. The Kier molecular flexibility index (Phi) is 1.62. The molecule has 1 heterocycles. The zero-order valence-electron chi connectivity index (χ0n) is 6.29. The molecule has 2 heteroatoms. The smallest absolute Gasteiger partial charge is 0.0360 e. The van der Waals surface area contributed by atoms with Crippen LogP contribution in [0.1, 0.15) is 11.1 Å². The van der Waals surface area contributed by atoms with Crippen molar-refractivity contribution in [2.45, 2.75) is 11.8 Å². The van der Waals surface area contributed by atoms with E-state index >= 15 is 0 Å². The van der Waals surface area contributed by atoms with E-state index < -0.39 is 0 Å². The van der Waals surface area contributed by atoms with Crippen LogP contribution < -0.4 is 4.72 Å². The van der Waals surface area contributed by atoms with E-state index in [1.165, 1.54) is 16.0 Å². The SMILES string of the molecule is Cc1ccc2c(c1)SNC=C2. The number of rotatable bonds is 0. The fourth-order valence-electron chi connectivity index (χ4n) is 1.09. The van der Waals surface area contributed by atoms with Crippen LogP contribution in [0.15, 0.2) is 29.3 Å². The Morgan fingerprint density at radius 2 is 2.27 bits per heavy atom. The van der Waals surface area contributed by atoms with E-state index in [1.807, 2.05) is 6.20 Å². The third-order valence-electron chi connectivity index (χ3n) is 1.67. The van der Waals surface area contributed by atoms with Crippen molar-refractivity contribution in [3.63, 3.8) is 0 Å². The Bertz CT molecular complexity index is 304. The molecule has 1 aliphatic rings. The van der Waals surface area contributed by atoms with Crippen molar-refractivity contribution in [1.82, 2.24) is 4.72 Å². The Hall–Kier alpha value is -0.890. The van der Waals surface area contributed by atoms with Gasteiger partial charge in [-0.25, -0.2) is 0 Å². The Balaban J connectivity index is 2.53. The zero-order valence-corrected chi connectivity index (χ0v) is 7.11. The fourth-order valence-corrected chi connectivity index (χ4v) is 1.85. The van der Waals surface area contributed by atoms with Gasteiger partial charge in [-0.15, -0.1) is 0 Å². The monoisotopic (exact) mass is 163 g/mol. The first-order chi connectivity index (χ1) is 5.36. The van der Waals surface area contributed by atoms with E-state index in [0.717, 1.165) is 0 Å². The summed E-state index contributed by atoms with van der Waals surface area (Å²) in [6.45, 7) is 2.11. The average molecular weight is 163 g/mol. The van der Waals surface area contributed by atoms with Gasteiger partial charge >= 0.3 is 0 Å². The zero-order chi connectivity index (χ0) is 7.68. The summed E-state index contributed by atoms with van der Waals surface area (Å²) in [7, 11) is 0. The van der Waals surface area contributed by atoms with Gasteiger partial charge in [0.15, 0.2) is 0 Å². The molecule has 1 aromatic carbocycles. The van der Waals surface area contributed by atoms with Crippen molar-refractivity contribution >= 4 is 18.0 Å². The highest BCUT2D eigenvalue weighted by Crippen LogP contribution is 2.25. The molecule has 0 unspecified atom stereocenters. The van der Waals surface area contributed by atoms with Gasteiger partial charge < -0.3 is 4.72 Å². The van der Waals surface area contributed by atoms with Crippen LogP contribution in [0.4, 0.5) is 0 Å². The van der Waals surface area contributed by atoms with Crippen LogP contribution >= 0.6 is 11.9 Å². The van der Waals surface area contributed by atoms with Crippen LogP contribution in [0, 0.1) is 6.92 Å². The second-order valence-electron chi connectivity index (χ2n) is 2.59. The highest BCUT2D eigenvalue weighted by atomic mass is 32.2. The van der Waals surface area contributed by atoms with Gasteiger partial charge in [0.25, 0.3) is 0 Å². The van der Waals surface area contributed by atoms with E-state index in [2.05, 4.69) is 35.9 Å². The summed E-state index contributed by atoms with van der Waals surface area (Å²) in [5.74, 6) is 0. The lowest BCUT2D eigenvalue weighted by Gasteiger charge is -2.10. The van der Waals surface area contributed by atoms with Crippen LogP contribution in [0.5, 0.6) is 0 Å². The summed E-state index contributed by atoms with van der Waals surface area (Å²) < 4.78 is 3.10. The van der Waals surface area contributed by atoms with Crippen LogP contribution in [0.3, 0.4) is 0 Å². The number of aryl methyl sites for hydroxylation is 1. The topological polar surface area (TPSA) is 12.0 Å². The van der Waals surface area contributed by atoms with Gasteiger partial charge in [-0.05, 0) is 42.1 Å². The average Bonchev–Trinajstić information content (AvgIpc) is 2.04. The summed E-state index contributed by atoms with van der Waals surface area (Å²) in [6, 6.07) is 6.47. The van der Waals surface area contributed by atoms with Gasteiger partial charge in [-0.3, -0.25) is 0 Å². The molecule has 1 N–H and O–H groups in total. The van der Waals surface area contributed by atoms with Gasteiger partial charge in [0.05, 0.1) is 0 Å². The van der Waals surface area contributed by atoms with Crippen molar-refractivity contribution in [1.29, 1.82) is 0 Å². The predicted octanol–water partition coefficient (Wildman–Crippen LogP) is 2.58. The number of nitrogens with one attached hydrogen (secondary N) is 1. The van der Waals surface area contributed by atoms with E-state index in [9.17, 15) is 0 Å². The molecule has 0 bridgehead atoms. The van der Waals surface area contributed by atoms with Crippen LogP contribution in [-0.4, -0.2) is 0 Å². The molecule has 56 valence electrons. The van der Waals surface area contributed by atoms with E-state index in [4.69, 9.17) is 0 Å². The highest BCUT2D eigenvalue weighted by Gasteiger charge is 2.02. The van der Waals surface area contributed by atoms with Gasteiger partial charge in [-0.2, -0.15) is 0 Å². The van der Waals surface area contributed by atoms with Crippen LogP contribution in [0.2, 0.25) is 0 Å². The molecule has 1 nitrogen and oxygen atoms in total. The van der Waals surface area contributed by atoms with Crippen LogP contribution in [-0.2, 0) is 0 Å². The van der Waals surface area contributed by atoms with Gasteiger partial charge in [0.1, 0.15) is 0 Å². The third kappa shape index (κ3) is 1.26. The second-order valence-corrected chi connectivity index (χ2v) is 3.47. The second kappa shape index (κ2) is 2.62. The van der Waals surface area contributed by atoms with Crippen molar-refractivity contribution in [3.8, 4) is 0 Å². The van der Waals surface area contributed by atoms with Crippen molar-refractivity contribution in [3.05, 3.63) is 35.5 Å². The van der Waals surface area contributed by atoms with Gasteiger partial charge in [0.2, 0.25) is 0 Å². The minimum absolute atomic E-state index is 1.30. The minimum atomic E-state index is 1.30. The van der Waals surface area contributed by atoms with Crippen molar-refractivity contribution in [2.24, 2.45) is 0 Å². The molecule has 11 heavy (non-hydrogen) atoms. The molecule has 0 aromatic heterocycles. The summed E-state index contributed by atoms with van der Waals surface area (Å²) >= 11 is 1.67. The van der Waals surface area contributed by atoms with Crippen molar-refractivity contribution < 1.29 is 0 Å². The lowest BCUT2D eigenvalue weighted by atomic mass is 10.1. The number of benzene rings is 1.